The zero-order valence-corrected chi connectivity index (χ0v) is 11.8. The molecule has 1 unspecified atom stereocenters. The van der Waals surface area contributed by atoms with Crippen LogP contribution in [0.1, 0.15) is 33.5 Å². The van der Waals surface area contributed by atoms with E-state index in [1.165, 1.54) is 11.1 Å². The van der Waals surface area contributed by atoms with E-state index in [9.17, 15) is 4.79 Å². The van der Waals surface area contributed by atoms with Gasteiger partial charge in [-0.25, -0.2) is 0 Å². The van der Waals surface area contributed by atoms with Crippen LogP contribution in [0.25, 0.3) is 0 Å². The number of primary amides is 1. The van der Waals surface area contributed by atoms with Crippen LogP contribution in [-0.4, -0.2) is 17.0 Å². The van der Waals surface area contributed by atoms with Crippen molar-refractivity contribution in [2.24, 2.45) is 5.73 Å². The summed E-state index contributed by atoms with van der Waals surface area (Å²) in [7, 11) is 0. The highest BCUT2D eigenvalue weighted by Crippen LogP contribution is 2.25. The van der Waals surface area contributed by atoms with Crippen LogP contribution < -0.4 is 5.73 Å². The number of carbonyl (C=O) groups excluding carboxylic acids is 1. The molecule has 108 valence electrons. The molecule has 0 fully saturated rings. The lowest BCUT2D eigenvalue weighted by atomic mass is 9.88. The van der Waals surface area contributed by atoms with E-state index in [1.54, 1.807) is 18.5 Å². The number of hydrogen-bond donors (Lipinski definition) is 1. The van der Waals surface area contributed by atoms with E-state index in [-0.39, 0.29) is 12.0 Å². The summed E-state index contributed by atoms with van der Waals surface area (Å²) < 4.78 is 5.98. The van der Waals surface area contributed by atoms with Crippen molar-refractivity contribution in [3.8, 4) is 0 Å². The number of benzene rings is 1. The van der Waals surface area contributed by atoms with Crippen LogP contribution in [0.5, 0.6) is 0 Å². The van der Waals surface area contributed by atoms with E-state index in [4.69, 9.17) is 10.5 Å². The Kier molecular flexibility index (Phi) is 3.97. The van der Waals surface area contributed by atoms with Crippen LogP contribution in [0, 0.1) is 0 Å². The number of carbonyl (C=O) groups is 1. The lowest BCUT2D eigenvalue weighted by molar-refractivity contribution is 0.0319. The molecule has 0 radical (unpaired) electrons. The SMILES string of the molecule is NC(=O)c1ccc2c(c1)CCC(OCc1ccncc1)C2. The van der Waals surface area contributed by atoms with Gasteiger partial charge in [0.25, 0.3) is 0 Å². The van der Waals surface area contributed by atoms with Crippen molar-refractivity contribution < 1.29 is 9.53 Å². The molecule has 0 aliphatic heterocycles. The van der Waals surface area contributed by atoms with Gasteiger partial charge in [0.1, 0.15) is 0 Å². The smallest absolute Gasteiger partial charge is 0.248 e. The minimum atomic E-state index is -0.367. The van der Waals surface area contributed by atoms with Gasteiger partial charge in [-0.05, 0) is 60.2 Å². The Balaban J connectivity index is 1.63. The van der Waals surface area contributed by atoms with Crippen LogP contribution in [0.2, 0.25) is 0 Å². The normalized spacial score (nSPS) is 17.2. The molecule has 3 rings (SSSR count). The number of fused-ring (bicyclic) bond motifs is 1. The molecule has 2 aromatic rings. The van der Waals surface area contributed by atoms with Gasteiger partial charge < -0.3 is 10.5 Å². The highest BCUT2D eigenvalue weighted by atomic mass is 16.5. The van der Waals surface area contributed by atoms with Crippen LogP contribution in [-0.2, 0) is 24.2 Å². The zero-order valence-electron chi connectivity index (χ0n) is 11.8. The first-order chi connectivity index (χ1) is 10.2. The average Bonchev–Trinajstić information content (AvgIpc) is 2.53. The van der Waals surface area contributed by atoms with E-state index in [0.29, 0.717) is 12.2 Å². The van der Waals surface area contributed by atoms with Crippen LogP contribution in [0.15, 0.2) is 42.7 Å². The second-order valence-corrected chi connectivity index (χ2v) is 5.38. The van der Waals surface area contributed by atoms with Crippen molar-refractivity contribution >= 4 is 5.91 Å². The fraction of sp³-hybridized carbons (Fsp3) is 0.294. The highest BCUT2D eigenvalue weighted by molar-refractivity contribution is 5.93. The standard InChI is InChI=1S/C17H18N2O2/c18-17(20)15-2-1-14-10-16(4-3-13(14)9-15)21-11-12-5-7-19-8-6-12/h1-2,5-9,16H,3-4,10-11H2,(H2,18,20). The summed E-state index contributed by atoms with van der Waals surface area (Å²) in [5.41, 5.74) is 9.52. The number of aryl methyl sites for hydroxylation is 1. The minimum Gasteiger partial charge on any atom is -0.373 e. The molecule has 1 aliphatic carbocycles. The maximum absolute atomic E-state index is 11.2. The summed E-state index contributed by atoms with van der Waals surface area (Å²) in [6.45, 7) is 0.613. The Morgan fingerprint density at radius 3 is 2.81 bits per heavy atom. The predicted octanol–water partition coefficient (Wildman–Crippen LogP) is 2.25. The first-order valence-corrected chi connectivity index (χ1v) is 7.14. The molecular formula is C17H18N2O2. The topological polar surface area (TPSA) is 65.2 Å². The third kappa shape index (κ3) is 3.28. The van der Waals surface area contributed by atoms with Gasteiger partial charge in [-0.3, -0.25) is 9.78 Å². The molecular weight excluding hydrogens is 264 g/mol. The van der Waals surface area contributed by atoms with E-state index < -0.39 is 0 Å². The van der Waals surface area contributed by atoms with Gasteiger partial charge in [0.2, 0.25) is 5.91 Å². The molecule has 1 heterocycles. The Bertz CT molecular complexity index is 640. The van der Waals surface area contributed by atoms with Gasteiger partial charge in [-0.1, -0.05) is 6.07 Å². The highest BCUT2D eigenvalue weighted by Gasteiger charge is 2.20. The summed E-state index contributed by atoms with van der Waals surface area (Å²) in [6.07, 6.45) is 6.57. The monoisotopic (exact) mass is 282 g/mol. The first kappa shape index (κ1) is 13.8. The molecule has 1 aromatic carbocycles. The van der Waals surface area contributed by atoms with Gasteiger partial charge in [-0.15, -0.1) is 0 Å². The number of rotatable bonds is 4. The lowest BCUT2D eigenvalue weighted by Gasteiger charge is -2.25. The Labute approximate surface area is 124 Å². The third-order valence-corrected chi connectivity index (χ3v) is 3.91. The fourth-order valence-corrected chi connectivity index (χ4v) is 2.71. The van der Waals surface area contributed by atoms with Gasteiger partial charge in [0.05, 0.1) is 12.7 Å². The average molecular weight is 282 g/mol. The quantitative estimate of drug-likeness (QED) is 0.935. The van der Waals surface area contributed by atoms with Gasteiger partial charge >= 0.3 is 0 Å². The number of hydrogen-bond acceptors (Lipinski definition) is 3. The number of pyridine rings is 1. The number of ether oxygens (including phenoxy) is 1. The lowest BCUT2D eigenvalue weighted by Crippen LogP contribution is -2.23. The Hall–Kier alpha value is -2.20. The van der Waals surface area contributed by atoms with Crippen LogP contribution in [0.3, 0.4) is 0 Å². The van der Waals surface area contributed by atoms with Crippen LogP contribution in [0.4, 0.5) is 0 Å². The summed E-state index contributed by atoms with van der Waals surface area (Å²) >= 11 is 0. The molecule has 4 heteroatoms. The van der Waals surface area contributed by atoms with Crippen LogP contribution >= 0.6 is 0 Å². The largest absolute Gasteiger partial charge is 0.373 e. The van der Waals surface area contributed by atoms with E-state index >= 15 is 0 Å². The third-order valence-electron chi connectivity index (χ3n) is 3.91. The maximum atomic E-state index is 11.2. The zero-order chi connectivity index (χ0) is 14.7. The molecule has 0 bridgehead atoms. The summed E-state index contributed by atoms with van der Waals surface area (Å²) in [4.78, 5) is 15.2. The molecule has 1 atom stereocenters. The molecule has 4 nitrogen and oxygen atoms in total. The van der Waals surface area contributed by atoms with E-state index in [1.807, 2.05) is 24.3 Å². The molecule has 0 saturated carbocycles. The van der Waals surface area contributed by atoms with Crippen molar-refractivity contribution in [2.45, 2.75) is 32.0 Å². The summed E-state index contributed by atoms with van der Waals surface area (Å²) in [5.74, 6) is -0.367. The number of aromatic nitrogens is 1. The maximum Gasteiger partial charge on any atom is 0.248 e. The second kappa shape index (κ2) is 6.06. The number of amides is 1. The molecule has 2 N–H and O–H groups in total. The summed E-state index contributed by atoms with van der Waals surface area (Å²) in [5, 5.41) is 0. The molecule has 21 heavy (non-hydrogen) atoms. The summed E-state index contributed by atoms with van der Waals surface area (Å²) in [6, 6.07) is 9.65. The van der Waals surface area contributed by atoms with Gasteiger partial charge in [-0.2, -0.15) is 0 Å². The van der Waals surface area contributed by atoms with Crippen molar-refractivity contribution in [2.75, 3.05) is 0 Å². The van der Waals surface area contributed by atoms with E-state index in [0.717, 1.165) is 24.8 Å². The van der Waals surface area contributed by atoms with Crippen molar-refractivity contribution in [3.63, 3.8) is 0 Å². The number of nitrogens with zero attached hydrogens (tertiary/aromatic N) is 1. The Morgan fingerprint density at radius 1 is 1.24 bits per heavy atom. The first-order valence-electron chi connectivity index (χ1n) is 7.14. The van der Waals surface area contributed by atoms with Gasteiger partial charge in [0, 0.05) is 18.0 Å². The minimum absolute atomic E-state index is 0.227. The molecule has 0 saturated heterocycles. The second-order valence-electron chi connectivity index (χ2n) is 5.38. The predicted molar refractivity (Wildman–Crippen MR) is 79.8 cm³/mol. The van der Waals surface area contributed by atoms with Crippen molar-refractivity contribution in [1.82, 2.24) is 4.98 Å². The molecule has 1 aliphatic rings. The van der Waals surface area contributed by atoms with E-state index in [2.05, 4.69) is 4.98 Å². The van der Waals surface area contributed by atoms with Crippen molar-refractivity contribution in [3.05, 3.63) is 65.0 Å². The number of nitrogens with two attached hydrogens (primary N) is 1. The molecule has 1 aromatic heterocycles. The fourth-order valence-electron chi connectivity index (χ4n) is 2.71. The van der Waals surface area contributed by atoms with Gasteiger partial charge in [0.15, 0.2) is 0 Å². The van der Waals surface area contributed by atoms with Crippen molar-refractivity contribution in [1.29, 1.82) is 0 Å². The molecule has 1 amide bonds. The molecule has 0 spiro atoms. The Morgan fingerprint density at radius 2 is 2.05 bits per heavy atom.